The Labute approximate surface area is 153 Å². The van der Waals surface area contributed by atoms with Gasteiger partial charge >= 0.3 is 0 Å². The van der Waals surface area contributed by atoms with E-state index in [1.165, 1.54) is 6.20 Å². The molecule has 26 heavy (non-hydrogen) atoms. The SMILES string of the molecule is O=S(=O)(c1ccc(N=C(c2ccccc2)c2ccccc2)nc1)C1CC1. The third-order valence-electron chi connectivity index (χ3n) is 4.33. The Morgan fingerprint density at radius 3 is 1.88 bits per heavy atom. The number of aliphatic imine (C=N–C) groups is 1. The number of rotatable bonds is 5. The number of sulfone groups is 1. The van der Waals surface area contributed by atoms with Crippen molar-refractivity contribution in [3.8, 4) is 0 Å². The highest BCUT2D eigenvalue weighted by atomic mass is 32.2. The molecule has 5 heteroatoms. The second kappa shape index (κ2) is 6.84. The van der Waals surface area contributed by atoms with Gasteiger partial charge in [-0.15, -0.1) is 0 Å². The highest BCUT2D eigenvalue weighted by Crippen LogP contribution is 2.33. The van der Waals surface area contributed by atoms with Gasteiger partial charge in [-0.2, -0.15) is 0 Å². The van der Waals surface area contributed by atoms with Crippen molar-refractivity contribution in [1.82, 2.24) is 4.98 Å². The van der Waals surface area contributed by atoms with E-state index < -0.39 is 9.84 Å². The highest BCUT2D eigenvalue weighted by molar-refractivity contribution is 7.92. The minimum absolute atomic E-state index is 0.233. The largest absolute Gasteiger partial charge is 0.236 e. The minimum Gasteiger partial charge on any atom is -0.236 e. The second-order valence-corrected chi connectivity index (χ2v) is 8.52. The van der Waals surface area contributed by atoms with Gasteiger partial charge in [-0.3, -0.25) is 0 Å². The van der Waals surface area contributed by atoms with Gasteiger partial charge in [-0.1, -0.05) is 60.7 Å². The predicted molar refractivity (Wildman–Crippen MR) is 103 cm³/mol. The first-order valence-corrected chi connectivity index (χ1v) is 10.1. The van der Waals surface area contributed by atoms with Gasteiger partial charge in [0.1, 0.15) is 0 Å². The van der Waals surface area contributed by atoms with Crippen molar-refractivity contribution < 1.29 is 8.42 Å². The van der Waals surface area contributed by atoms with E-state index in [9.17, 15) is 8.42 Å². The van der Waals surface area contributed by atoms with Crippen LogP contribution in [-0.2, 0) is 9.84 Å². The van der Waals surface area contributed by atoms with Crippen LogP contribution in [-0.4, -0.2) is 24.4 Å². The van der Waals surface area contributed by atoms with Crippen molar-refractivity contribution in [1.29, 1.82) is 0 Å². The third kappa shape index (κ3) is 3.44. The maximum atomic E-state index is 12.3. The molecule has 0 saturated heterocycles. The van der Waals surface area contributed by atoms with E-state index >= 15 is 0 Å². The summed E-state index contributed by atoms with van der Waals surface area (Å²) in [5.74, 6) is 0.488. The quantitative estimate of drug-likeness (QED) is 0.640. The Morgan fingerprint density at radius 1 is 0.846 bits per heavy atom. The fraction of sp³-hybridized carbons (Fsp3) is 0.143. The molecule has 130 valence electrons. The molecule has 1 heterocycles. The van der Waals surface area contributed by atoms with Crippen molar-refractivity contribution >= 4 is 21.4 Å². The van der Waals surface area contributed by atoms with Crippen LogP contribution in [0.15, 0.2) is 88.9 Å². The number of nitrogens with zero attached hydrogens (tertiary/aromatic N) is 2. The van der Waals surface area contributed by atoms with E-state index in [1.807, 2.05) is 60.7 Å². The van der Waals surface area contributed by atoms with Crippen molar-refractivity contribution in [2.24, 2.45) is 4.99 Å². The van der Waals surface area contributed by atoms with Crippen LogP contribution >= 0.6 is 0 Å². The van der Waals surface area contributed by atoms with Crippen LogP contribution in [0.5, 0.6) is 0 Å². The molecule has 1 saturated carbocycles. The molecule has 0 atom stereocenters. The zero-order valence-electron chi connectivity index (χ0n) is 14.1. The van der Waals surface area contributed by atoms with Gasteiger partial charge in [0.15, 0.2) is 15.7 Å². The molecular weight excluding hydrogens is 344 g/mol. The van der Waals surface area contributed by atoms with E-state index in [2.05, 4.69) is 4.98 Å². The molecule has 4 nitrogen and oxygen atoms in total. The maximum absolute atomic E-state index is 12.3. The summed E-state index contributed by atoms with van der Waals surface area (Å²) in [4.78, 5) is 9.25. The van der Waals surface area contributed by atoms with Crippen LogP contribution < -0.4 is 0 Å². The number of aromatic nitrogens is 1. The molecule has 0 bridgehead atoms. The fourth-order valence-electron chi connectivity index (χ4n) is 2.78. The van der Waals surface area contributed by atoms with Gasteiger partial charge in [0, 0.05) is 17.3 Å². The number of benzene rings is 2. The lowest BCUT2D eigenvalue weighted by Gasteiger charge is -2.08. The normalized spacial score (nSPS) is 14.0. The van der Waals surface area contributed by atoms with E-state index in [0.29, 0.717) is 5.82 Å². The molecule has 1 aromatic heterocycles. The lowest BCUT2D eigenvalue weighted by molar-refractivity contribution is 0.594. The smallest absolute Gasteiger partial charge is 0.182 e. The molecular formula is C21H18N2O2S. The molecule has 1 aliphatic carbocycles. The molecule has 1 aliphatic rings. The van der Waals surface area contributed by atoms with E-state index in [0.717, 1.165) is 29.7 Å². The van der Waals surface area contributed by atoms with Crippen LogP contribution in [0, 0.1) is 0 Å². The van der Waals surface area contributed by atoms with Crippen LogP contribution in [0.3, 0.4) is 0 Å². The Morgan fingerprint density at radius 2 is 1.42 bits per heavy atom. The van der Waals surface area contributed by atoms with Crippen LogP contribution in [0.4, 0.5) is 5.82 Å². The van der Waals surface area contributed by atoms with Gasteiger partial charge in [-0.05, 0) is 25.0 Å². The van der Waals surface area contributed by atoms with Gasteiger partial charge in [0.05, 0.1) is 15.9 Å². The average Bonchev–Trinajstić information content (AvgIpc) is 3.54. The monoisotopic (exact) mass is 362 g/mol. The molecule has 1 fully saturated rings. The molecule has 0 radical (unpaired) electrons. The van der Waals surface area contributed by atoms with Gasteiger partial charge in [0.25, 0.3) is 0 Å². The van der Waals surface area contributed by atoms with Crippen LogP contribution in [0.25, 0.3) is 0 Å². The van der Waals surface area contributed by atoms with Crippen molar-refractivity contribution in [2.45, 2.75) is 23.0 Å². The number of hydrogen-bond donors (Lipinski definition) is 0. The van der Waals surface area contributed by atoms with Crippen molar-refractivity contribution in [3.63, 3.8) is 0 Å². The number of hydrogen-bond acceptors (Lipinski definition) is 4. The highest BCUT2D eigenvalue weighted by Gasteiger charge is 2.36. The zero-order valence-corrected chi connectivity index (χ0v) is 14.9. The van der Waals surface area contributed by atoms with Crippen molar-refractivity contribution in [3.05, 3.63) is 90.1 Å². The summed E-state index contributed by atoms with van der Waals surface area (Å²) < 4.78 is 24.6. The summed E-state index contributed by atoms with van der Waals surface area (Å²) in [5, 5.41) is -0.233. The molecule has 0 spiro atoms. The molecule has 4 rings (SSSR count). The van der Waals surface area contributed by atoms with E-state index in [-0.39, 0.29) is 10.1 Å². The first kappa shape index (κ1) is 16.7. The third-order valence-corrected chi connectivity index (χ3v) is 6.58. The topological polar surface area (TPSA) is 59.4 Å². The Hall–Kier alpha value is -2.79. The summed E-state index contributed by atoms with van der Waals surface area (Å²) in [6, 6.07) is 23.0. The standard InChI is InChI=1S/C21H18N2O2S/c24-26(25,18-11-12-18)19-13-14-20(22-15-19)23-21(16-7-3-1-4-8-16)17-9-5-2-6-10-17/h1-10,13-15,18H,11-12H2. The maximum Gasteiger partial charge on any atom is 0.182 e. The van der Waals surface area contributed by atoms with Gasteiger partial charge < -0.3 is 0 Å². The van der Waals surface area contributed by atoms with Gasteiger partial charge in [0.2, 0.25) is 0 Å². The molecule has 0 aliphatic heterocycles. The lowest BCUT2D eigenvalue weighted by Crippen LogP contribution is -2.07. The molecule has 0 N–H and O–H groups in total. The second-order valence-electron chi connectivity index (χ2n) is 6.29. The molecule has 2 aromatic carbocycles. The lowest BCUT2D eigenvalue weighted by atomic mass is 10.0. The first-order valence-electron chi connectivity index (χ1n) is 8.54. The molecule has 0 unspecified atom stereocenters. The summed E-state index contributed by atoms with van der Waals surface area (Å²) >= 11 is 0. The molecule has 3 aromatic rings. The summed E-state index contributed by atoms with van der Waals surface area (Å²) in [7, 11) is -3.23. The summed E-state index contributed by atoms with van der Waals surface area (Å²) in [6.45, 7) is 0. The fourth-order valence-corrected chi connectivity index (χ4v) is 4.38. The van der Waals surface area contributed by atoms with Crippen LogP contribution in [0.1, 0.15) is 24.0 Å². The Bertz CT molecular complexity index is 983. The van der Waals surface area contributed by atoms with Crippen LogP contribution in [0.2, 0.25) is 0 Å². The van der Waals surface area contributed by atoms with E-state index in [4.69, 9.17) is 4.99 Å². The van der Waals surface area contributed by atoms with Gasteiger partial charge in [-0.25, -0.2) is 18.4 Å². The summed E-state index contributed by atoms with van der Waals surface area (Å²) in [5.41, 5.74) is 2.77. The Balaban J connectivity index is 1.73. The zero-order chi connectivity index (χ0) is 18.0. The summed E-state index contributed by atoms with van der Waals surface area (Å²) in [6.07, 6.45) is 2.91. The van der Waals surface area contributed by atoms with E-state index in [1.54, 1.807) is 12.1 Å². The average molecular weight is 362 g/mol. The predicted octanol–water partition coefficient (Wildman–Crippen LogP) is 4.19. The minimum atomic E-state index is -3.23. The first-order chi connectivity index (χ1) is 12.6. The molecule has 0 amide bonds. The van der Waals surface area contributed by atoms with Crippen molar-refractivity contribution in [2.75, 3.05) is 0 Å². The number of pyridine rings is 1. The Kier molecular flexibility index (Phi) is 4.39.